The number of carbonyl (C=O) groups is 1. The highest BCUT2D eigenvalue weighted by atomic mass is 32.2. The van der Waals surface area contributed by atoms with Crippen molar-refractivity contribution in [3.63, 3.8) is 0 Å². The van der Waals surface area contributed by atoms with E-state index in [-0.39, 0.29) is 19.7 Å². The highest BCUT2D eigenvalue weighted by Crippen LogP contribution is 2.36. The summed E-state index contributed by atoms with van der Waals surface area (Å²) in [4.78, 5) is 11.8. The molecule has 2 rings (SSSR count). The van der Waals surface area contributed by atoms with Gasteiger partial charge in [0.2, 0.25) is 0 Å². The van der Waals surface area contributed by atoms with E-state index >= 15 is 0 Å². The van der Waals surface area contributed by atoms with Gasteiger partial charge in [-0.3, -0.25) is 4.18 Å². The minimum atomic E-state index is -3.48. The van der Waals surface area contributed by atoms with Gasteiger partial charge in [-0.25, -0.2) is 4.79 Å². The molecule has 0 aromatic heterocycles. The zero-order chi connectivity index (χ0) is 12.0. The number of rotatable bonds is 2. The standard InChI is InChI=1S/C8H13NO6S/c1-16(12,13)15-6-2-8(14-3-6)4-9(5-8)7(10)11/h6H,2-5H2,1H3,(H,10,11). The second-order valence-electron chi connectivity index (χ2n) is 4.26. The number of nitrogens with zero attached hydrogens (tertiary/aromatic N) is 1. The fourth-order valence-corrected chi connectivity index (χ4v) is 2.73. The molecule has 1 N–H and O–H groups in total. The maximum Gasteiger partial charge on any atom is 0.407 e. The van der Waals surface area contributed by atoms with Gasteiger partial charge in [-0.15, -0.1) is 0 Å². The number of amides is 1. The Bertz CT molecular complexity index is 399. The molecule has 8 heteroatoms. The zero-order valence-electron chi connectivity index (χ0n) is 8.75. The molecule has 2 fully saturated rings. The predicted molar refractivity (Wildman–Crippen MR) is 52.6 cm³/mol. The Labute approximate surface area is 93.1 Å². The summed E-state index contributed by atoms with van der Waals surface area (Å²) >= 11 is 0. The third kappa shape index (κ3) is 2.28. The quantitative estimate of drug-likeness (QED) is 0.664. The summed E-state index contributed by atoms with van der Waals surface area (Å²) in [5.74, 6) is 0. The van der Waals surface area contributed by atoms with Crippen molar-refractivity contribution >= 4 is 16.2 Å². The van der Waals surface area contributed by atoms with Crippen molar-refractivity contribution in [1.29, 1.82) is 0 Å². The summed E-state index contributed by atoms with van der Waals surface area (Å²) in [5, 5.41) is 8.67. The molecule has 0 radical (unpaired) electrons. The van der Waals surface area contributed by atoms with Gasteiger partial charge in [0.25, 0.3) is 10.1 Å². The largest absolute Gasteiger partial charge is 0.465 e. The molecule has 1 atom stereocenters. The van der Waals surface area contributed by atoms with E-state index in [2.05, 4.69) is 0 Å². The van der Waals surface area contributed by atoms with Crippen molar-refractivity contribution < 1.29 is 27.2 Å². The van der Waals surface area contributed by atoms with Crippen LogP contribution in [0.15, 0.2) is 0 Å². The number of hydrogen-bond donors (Lipinski definition) is 1. The van der Waals surface area contributed by atoms with Crippen LogP contribution >= 0.6 is 0 Å². The summed E-state index contributed by atoms with van der Waals surface area (Å²) in [5.41, 5.74) is -0.534. The van der Waals surface area contributed by atoms with Crippen LogP contribution in [-0.4, -0.2) is 62.2 Å². The molecule has 2 aliphatic heterocycles. The van der Waals surface area contributed by atoms with E-state index in [0.717, 1.165) is 6.26 Å². The third-order valence-electron chi connectivity index (χ3n) is 2.71. The van der Waals surface area contributed by atoms with Gasteiger partial charge in [0.15, 0.2) is 0 Å². The summed E-state index contributed by atoms with van der Waals surface area (Å²) in [6.45, 7) is 0.762. The summed E-state index contributed by atoms with van der Waals surface area (Å²) < 4.78 is 32.0. The Kier molecular flexibility index (Phi) is 2.59. The van der Waals surface area contributed by atoms with E-state index in [4.69, 9.17) is 14.0 Å². The van der Waals surface area contributed by atoms with E-state index in [1.165, 1.54) is 4.90 Å². The van der Waals surface area contributed by atoms with E-state index in [0.29, 0.717) is 6.42 Å². The first-order valence-electron chi connectivity index (χ1n) is 4.80. The van der Waals surface area contributed by atoms with Gasteiger partial charge in [-0.2, -0.15) is 8.42 Å². The molecule has 0 bridgehead atoms. The van der Waals surface area contributed by atoms with E-state index in [1.54, 1.807) is 0 Å². The monoisotopic (exact) mass is 251 g/mol. The minimum absolute atomic E-state index is 0.195. The molecule has 0 aromatic rings. The van der Waals surface area contributed by atoms with Gasteiger partial charge in [-0.05, 0) is 0 Å². The predicted octanol–water partition coefficient (Wildman–Crippen LogP) is -0.516. The molecule has 92 valence electrons. The second-order valence-corrected chi connectivity index (χ2v) is 5.86. The lowest BCUT2D eigenvalue weighted by Gasteiger charge is -2.45. The summed E-state index contributed by atoms with van der Waals surface area (Å²) in [6.07, 6.45) is -0.0701. The fraction of sp³-hybridized carbons (Fsp3) is 0.875. The highest BCUT2D eigenvalue weighted by molar-refractivity contribution is 7.86. The molecule has 2 saturated heterocycles. The van der Waals surface area contributed by atoms with E-state index in [1.807, 2.05) is 0 Å². The molecule has 2 aliphatic rings. The zero-order valence-corrected chi connectivity index (χ0v) is 9.57. The number of ether oxygens (including phenoxy) is 1. The van der Waals surface area contributed by atoms with Crippen LogP contribution in [-0.2, 0) is 19.0 Å². The van der Waals surface area contributed by atoms with Crippen LogP contribution in [0.2, 0.25) is 0 Å². The first-order chi connectivity index (χ1) is 7.30. The molecule has 16 heavy (non-hydrogen) atoms. The molecule has 1 amide bonds. The van der Waals surface area contributed by atoms with Crippen molar-refractivity contribution in [2.75, 3.05) is 26.0 Å². The van der Waals surface area contributed by atoms with Gasteiger partial charge in [0.05, 0.1) is 26.0 Å². The average molecular weight is 251 g/mol. The first kappa shape index (κ1) is 11.6. The smallest absolute Gasteiger partial charge is 0.407 e. The lowest BCUT2D eigenvalue weighted by atomic mass is 9.91. The fourth-order valence-electron chi connectivity index (χ4n) is 2.12. The normalized spacial score (nSPS) is 28.1. The lowest BCUT2D eigenvalue weighted by molar-refractivity contribution is -0.0982. The molecule has 0 aliphatic carbocycles. The minimum Gasteiger partial charge on any atom is -0.465 e. The van der Waals surface area contributed by atoms with Crippen LogP contribution < -0.4 is 0 Å². The second kappa shape index (κ2) is 3.57. The van der Waals surface area contributed by atoms with Gasteiger partial charge in [0.1, 0.15) is 11.7 Å². The SMILES string of the molecule is CS(=O)(=O)OC1COC2(C1)CN(C(=O)O)C2. The lowest BCUT2D eigenvalue weighted by Crippen LogP contribution is -2.63. The van der Waals surface area contributed by atoms with Crippen molar-refractivity contribution in [2.24, 2.45) is 0 Å². The van der Waals surface area contributed by atoms with E-state index in [9.17, 15) is 13.2 Å². The third-order valence-corrected chi connectivity index (χ3v) is 3.34. The Balaban J connectivity index is 1.88. The molecule has 1 spiro atoms. The summed E-state index contributed by atoms with van der Waals surface area (Å²) in [6, 6.07) is 0. The summed E-state index contributed by atoms with van der Waals surface area (Å²) in [7, 11) is -3.48. The molecule has 2 heterocycles. The first-order valence-corrected chi connectivity index (χ1v) is 6.61. The Morgan fingerprint density at radius 1 is 1.56 bits per heavy atom. The van der Waals surface area contributed by atoms with E-state index < -0.39 is 27.9 Å². The van der Waals surface area contributed by atoms with Gasteiger partial charge < -0.3 is 14.7 Å². The molecule has 1 unspecified atom stereocenters. The number of likely N-dealkylation sites (tertiary alicyclic amines) is 1. The molecular formula is C8H13NO6S. The van der Waals surface area contributed by atoms with Gasteiger partial charge in [-0.1, -0.05) is 0 Å². The number of carboxylic acid groups (broad SMARTS) is 1. The molecule has 0 aromatic carbocycles. The van der Waals surface area contributed by atoms with Crippen LogP contribution in [0.4, 0.5) is 4.79 Å². The Morgan fingerprint density at radius 2 is 2.19 bits per heavy atom. The van der Waals surface area contributed by atoms with Crippen LogP contribution in [0.1, 0.15) is 6.42 Å². The Morgan fingerprint density at radius 3 is 2.69 bits per heavy atom. The topological polar surface area (TPSA) is 93.1 Å². The maximum atomic E-state index is 10.9. The van der Waals surface area contributed by atoms with Crippen LogP contribution in [0.5, 0.6) is 0 Å². The molecule has 7 nitrogen and oxygen atoms in total. The Hall–Kier alpha value is -0.860. The van der Waals surface area contributed by atoms with Crippen molar-refractivity contribution in [2.45, 2.75) is 18.1 Å². The van der Waals surface area contributed by atoms with Crippen LogP contribution in [0, 0.1) is 0 Å². The molecule has 0 saturated carbocycles. The average Bonchev–Trinajstić information content (AvgIpc) is 2.42. The van der Waals surface area contributed by atoms with Gasteiger partial charge >= 0.3 is 6.09 Å². The van der Waals surface area contributed by atoms with Crippen LogP contribution in [0.25, 0.3) is 0 Å². The highest BCUT2D eigenvalue weighted by Gasteiger charge is 2.52. The van der Waals surface area contributed by atoms with Crippen LogP contribution in [0.3, 0.4) is 0 Å². The van der Waals surface area contributed by atoms with Gasteiger partial charge in [0, 0.05) is 6.42 Å². The van der Waals surface area contributed by atoms with Crippen molar-refractivity contribution in [3.8, 4) is 0 Å². The number of hydrogen-bond acceptors (Lipinski definition) is 5. The maximum absolute atomic E-state index is 10.9. The molecular weight excluding hydrogens is 238 g/mol. The van der Waals surface area contributed by atoms with Crippen molar-refractivity contribution in [3.05, 3.63) is 0 Å². The van der Waals surface area contributed by atoms with Crippen molar-refractivity contribution in [1.82, 2.24) is 4.90 Å².